The topological polar surface area (TPSA) is 102 Å². The molecule has 0 radical (unpaired) electrons. The molecule has 0 bridgehead atoms. The van der Waals surface area contributed by atoms with Crippen molar-refractivity contribution in [2.45, 2.75) is 38.0 Å². The normalized spacial score (nSPS) is 16.2. The third-order valence-corrected chi connectivity index (χ3v) is 7.15. The minimum Gasteiger partial charge on any atom is -0.348 e. The summed E-state index contributed by atoms with van der Waals surface area (Å²) in [6.07, 6.45) is 0. The molecule has 0 aliphatic carbocycles. The summed E-state index contributed by atoms with van der Waals surface area (Å²) < 4.78 is 29.0. The van der Waals surface area contributed by atoms with Crippen LogP contribution in [0.25, 0.3) is 0 Å². The summed E-state index contributed by atoms with van der Waals surface area (Å²) in [4.78, 5) is 13.1. The van der Waals surface area contributed by atoms with Gasteiger partial charge in [-0.25, -0.2) is 13.1 Å². The van der Waals surface area contributed by atoms with Crippen LogP contribution in [0.4, 0.5) is 11.5 Å². The van der Waals surface area contributed by atoms with Crippen LogP contribution in [-0.4, -0.2) is 53.6 Å². The van der Waals surface area contributed by atoms with Gasteiger partial charge in [0.05, 0.1) is 9.82 Å². The summed E-state index contributed by atoms with van der Waals surface area (Å²) in [6.45, 7) is 9.07. The lowest BCUT2D eigenvalue weighted by atomic mass is 9.87. The second kappa shape index (κ2) is 7.42. The Morgan fingerprint density at radius 2 is 1.62 bits per heavy atom. The van der Waals surface area contributed by atoms with Crippen molar-refractivity contribution in [2.24, 2.45) is 7.05 Å². The van der Waals surface area contributed by atoms with Crippen molar-refractivity contribution in [1.29, 1.82) is 0 Å². The molecule has 1 fully saturated rings. The van der Waals surface area contributed by atoms with E-state index in [1.54, 1.807) is 26.1 Å². The quantitative estimate of drug-likeness (QED) is 0.555. The first-order chi connectivity index (χ1) is 13.4. The van der Waals surface area contributed by atoms with Gasteiger partial charge in [0.2, 0.25) is 15.8 Å². The zero-order valence-electron chi connectivity index (χ0n) is 17.4. The molecule has 2 heterocycles. The van der Waals surface area contributed by atoms with Gasteiger partial charge in [-0.2, -0.15) is 9.40 Å². The molecule has 1 aliphatic rings. The summed E-state index contributed by atoms with van der Waals surface area (Å²) in [6, 6.07) is 7.00. The average Bonchev–Trinajstić information content (AvgIpc) is 2.95. The number of nitrogens with zero attached hydrogens (tertiary/aromatic N) is 5. The lowest BCUT2D eigenvalue weighted by Crippen LogP contribution is -2.49. The predicted octanol–water partition coefficient (Wildman–Crippen LogP) is 2.45. The highest BCUT2D eigenvalue weighted by molar-refractivity contribution is 7.89. The molecular formula is C19H27N5O4S. The van der Waals surface area contributed by atoms with Crippen molar-refractivity contribution in [3.05, 3.63) is 45.6 Å². The zero-order valence-corrected chi connectivity index (χ0v) is 18.2. The number of aromatic nitrogens is 2. The lowest BCUT2D eigenvalue weighted by molar-refractivity contribution is -0.384. The van der Waals surface area contributed by atoms with E-state index in [0.29, 0.717) is 24.6 Å². The summed E-state index contributed by atoms with van der Waals surface area (Å²) in [5.41, 5.74) is 1.34. The Morgan fingerprint density at radius 3 is 2.10 bits per heavy atom. The summed E-state index contributed by atoms with van der Waals surface area (Å²) >= 11 is 0. The van der Waals surface area contributed by atoms with E-state index in [2.05, 4.69) is 25.9 Å². The molecule has 0 N–H and O–H groups in total. The van der Waals surface area contributed by atoms with E-state index >= 15 is 0 Å². The summed E-state index contributed by atoms with van der Waals surface area (Å²) in [5.74, 6) is 0.416. The third-order valence-electron chi connectivity index (χ3n) is 5.24. The zero-order chi connectivity index (χ0) is 21.6. The Morgan fingerprint density at radius 1 is 1.07 bits per heavy atom. The predicted molar refractivity (Wildman–Crippen MR) is 111 cm³/mol. The number of benzene rings is 1. The van der Waals surface area contributed by atoms with E-state index in [0.717, 1.165) is 5.56 Å². The van der Waals surface area contributed by atoms with E-state index < -0.39 is 14.9 Å². The SMILES string of the molecule is Cc1nn(C)c(N2CCN(S(=O)(=O)c3ccc(C(C)(C)C)cc3)CC2)c1[N+](=O)[O-]. The van der Waals surface area contributed by atoms with Crippen molar-refractivity contribution in [3.63, 3.8) is 0 Å². The average molecular weight is 422 g/mol. The van der Waals surface area contributed by atoms with Gasteiger partial charge in [0.1, 0.15) is 5.69 Å². The van der Waals surface area contributed by atoms with E-state index in [9.17, 15) is 18.5 Å². The molecule has 3 rings (SSSR count). The minimum absolute atomic E-state index is 0.0263. The fourth-order valence-corrected chi connectivity index (χ4v) is 5.04. The number of aryl methyl sites for hydroxylation is 2. The van der Waals surface area contributed by atoms with Gasteiger partial charge < -0.3 is 4.90 Å². The highest BCUT2D eigenvalue weighted by Gasteiger charge is 2.34. The van der Waals surface area contributed by atoms with Gasteiger partial charge in [0.15, 0.2) is 0 Å². The maximum atomic E-state index is 13.0. The van der Waals surface area contributed by atoms with Crippen molar-refractivity contribution in [3.8, 4) is 0 Å². The molecule has 0 spiro atoms. The smallest absolute Gasteiger partial charge is 0.333 e. The van der Waals surface area contributed by atoms with Gasteiger partial charge in [-0.15, -0.1) is 0 Å². The molecule has 0 saturated carbocycles. The molecule has 0 atom stereocenters. The molecule has 10 heteroatoms. The standard InChI is InChI=1S/C19H27N5O4S/c1-14-17(24(25)26)18(21(5)20-14)22-10-12-23(13-11-22)29(27,28)16-8-6-15(7-9-16)19(2,3)4/h6-9H,10-13H2,1-5H3. The van der Waals surface area contributed by atoms with Crippen molar-refractivity contribution in [2.75, 3.05) is 31.1 Å². The van der Waals surface area contributed by atoms with Crippen LogP contribution in [0.1, 0.15) is 32.0 Å². The molecule has 29 heavy (non-hydrogen) atoms. The van der Waals surface area contributed by atoms with Gasteiger partial charge in [-0.05, 0) is 30.0 Å². The Bertz CT molecular complexity index is 1010. The molecule has 0 unspecified atom stereocenters. The first kappa shape index (κ1) is 21.3. The number of hydrogen-bond donors (Lipinski definition) is 0. The van der Waals surface area contributed by atoms with Crippen molar-refractivity contribution >= 4 is 21.5 Å². The number of anilines is 1. The van der Waals surface area contributed by atoms with E-state index in [1.807, 2.05) is 17.0 Å². The van der Waals surface area contributed by atoms with Gasteiger partial charge in [-0.1, -0.05) is 32.9 Å². The van der Waals surface area contributed by atoms with Crippen molar-refractivity contribution < 1.29 is 13.3 Å². The Balaban J connectivity index is 1.78. The Hall–Kier alpha value is -2.46. The Labute approximate surface area is 171 Å². The van der Waals surface area contributed by atoms with Gasteiger partial charge >= 0.3 is 5.69 Å². The van der Waals surface area contributed by atoms with Crippen LogP contribution >= 0.6 is 0 Å². The molecule has 158 valence electrons. The lowest BCUT2D eigenvalue weighted by Gasteiger charge is -2.34. The first-order valence-electron chi connectivity index (χ1n) is 9.46. The third kappa shape index (κ3) is 3.99. The summed E-state index contributed by atoms with van der Waals surface area (Å²) in [5, 5.41) is 15.6. The molecular weight excluding hydrogens is 394 g/mol. The van der Waals surface area contributed by atoms with Crippen LogP contribution in [0.3, 0.4) is 0 Å². The molecule has 9 nitrogen and oxygen atoms in total. The molecule has 1 aliphatic heterocycles. The highest BCUT2D eigenvalue weighted by atomic mass is 32.2. The highest BCUT2D eigenvalue weighted by Crippen LogP contribution is 2.32. The van der Waals surface area contributed by atoms with E-state index in [-0.39, 0.29) is 29.1 Å². The Kier molecular flexibility index (Phi) is 5.44. The number of sulfonamides is 1. The summed E-state index contributed by atoms with van der Waals surface area (Å²) in [7, 11) is -1.95. The fraction of sp³-hybridized carbons (Fsp3) is 0.526. The number of rotatable bonds is 4. The van der Waals surface area contributed by atoms with Crippen LogP contribution in [0.5, 0.6) is 0 Å². The van der Waals surface area contributed by atoms with Crippen LogP contribution < -0.4 is 4.90 Å². The number of nitro groups is 1. The second-order valence-corrected chi connectivity index (χ2v) is 10.2. The van der Waals surface area contributed by atoms with Crippen molar-refractivity contribution in [1.82, 2.24) is 14.1 Å². The monoisotopic (exact) mass is 421 g/mol. The van der Waals surface area contributed by atoms with Crippen LogP contribution in [0.2, 0.25) is 0 Å². The molecule has 1 saturated heterocycles. The largest absolute Gasteiger partial charge is 0.348 e. The van der Waals surface area contributed by atoms with Gasteiger partial charge in [-0.3, -0.25) is 10.1 Å². The molecule has 1 aromatic heterocycles. The van der Waals surface area contributed by atoms with Crippen LogP contribution in [-0.2, 0) is 22.5 Å². The number of piperazine rings is 1. The first-order valence-corrected chi connectivity index (χ1v) is 10.9. The second-order valence-electron chi connectivity index (χ2n) is 8.30. The van der Waals surface area contributed by atoms with E-state index in [1.165, 1.54) is 8.99 Å². The minimum atomic E-state index is -3.61. The maximum absolute atomic E-state index is 13.0. The van der Waals surface area contributed by atoms with Gasteiger partial charge in [0, 0.05) is 33.2 Å². The molecule has 1 aromatic carbocycles. The van der Waals surface area contributed by atoms with Crippen LogP contribution in [0, 0.1) is 17.0 Å². The fourth-order valence-electron chi connectivity index (χ4n) is 3.62. The van der Waals surface area contributed by atoms with E-state index in [4.69, 9.17) is 0 Å². The van der Waals surface area contributed by atoms with Crippen LogP contribution in [0.15, 0.2) is 29.2 Å². The maximum Gasteiger partial charge on any atom is 0.333 e. The molecule has 2 aromatic rings. The van der Waals surface area contributed by atoms with Gasteiger partial charge in [0.25, 0.3) is 0 Å². The number of hydrogen-bond acceptors (Lipinski definition) is 6. The molecule has 0 amide bonds.